The number of nitrogens with one attached hydrogen (secondary N) is 2. The van der Waals surface area contributed by atoms with E-state index < -0.39 is 0 Å². The van der Waals surface area contributed by atoms with Gasteiger partial charge in [0.25, 0.3) is 0 Å². The summed E-state index contributed by atoms with van der Waals surface area (Å²) in [7, 11) is 2.18. The van der Waals surface area contributed by atoms with Crippen LogP contribution in [-0.4, -0.2) is 37.0 Å². The van der Waals surface area contributed by atoms with Gasteiger partial charge in [0.05, 0.1) is 17.1 Å². The SMILES string of the molecule is CC(Nc1cc2c(cc1Cl)NC(=O)C2)C1CCCN(C)C1. The molecule has 1 saturated heterocycles. The molecule has 3 rings (SSSR count). The Morgan fingerprint density at radius 3 is 3.05 bits per heavy atom. The topological polar surface area (TPSA) is 44.4 Å². The number of rotatable bonds is 3. The first kappa shape index (κ1) is 14.7. The second-order valence-corrected chi connectivity index (χ2v) is 6.72. The van der Waals surface area contributed by atoms with E-state index in [2.05, 4.69) is 29.5 Å². The lowest BCUT2D eigenvalue weighted by Gasteiger charge is -2.34. The largest absolute Gasteiger partial charge is 0.381 e. The summed E-state index contributed by atoms with van der Waals surface area (Å²) in [5.41, 5.74) is 2.81. The number of likely N-dealkylation sites (tertiary alicyclic amines) is 1. The zero-order valence-corrected chi connectivity index (χ0v) is 13.3. The minimum Gasteiger partial charge on any atom is -0.381 e. The van der Waals surface area contributed by atoms with Crippen LogP contribution in [0.4, 0.5) is 11.4 Å². The number of halogens is 1. The fraction of sp³-hybridized carbons (Fsp3) is 0.562. The average Bonchev–Trinajstić information content (AvgIpc) is 2.78. The monoisotopic (exact) mass is 307 g/mol. The van der Waals surface area contributed by atoms with Crippen LogP contribution in [0.5, 0.6) is 0 Å². The van der Waals surface area contributed by atoms with Gasteiger partial charge in [-0.25, -0.2) is 0 Å². The molecule has 4 nitrogen and oxygen atoms in total. The molecule has 1 amide bonds. The molecule has 2 unspecified atom stereocenters. The zero-order valence-electron chi connectivity index (χ0n) is 12.6. The molecule has 0 spiro atoms. The highest BCUT2D eigenvalue weighted by molar-refractivity contribution is 6.33. The van der Waals surface area contributed by atoms with Crippen molar-refractivity contribution in [2.45, 2.75) is 32.2 Å². The van der Waals surface area contributed by atoms with E-state index >= 15 is 0 Å². The van der Waals surface area contributed by atoms with Crippen LogP contribution in [0.1, 0.15) is 25.3 Å². The Morgan fingerprint density at radius 2 is 2.29 bits per heavy atom. The lowest BCUT2D eigenvalue weighted by Crippen LogP contribution is -2.39. The number of benzene rings is 1. The molecule has 0 radical (unpaired) electrons. The smallest absolute Gasteiger partial charge is 0.228 e. The fourth-order valence-electron chi connectivity index (χ4n) is 3.34. The second-order valence-electron chi connectivity index (χ2n) is 6.31. The minimum atomic E-state index is 0.0418. The molecule has 0 aromatic heterocycles. The maximum atomic E-state index is 11.4. The zero-order chi connectivity index (χ0) is 15.0. The standard InChI is InChI=1S/C16H22ClN3O/c1-10(11-4-3-5-20(2)9-11)18-15-6-12-7-16(21)19-14(12)8-13(15)17/h6,8,10-11,18H,3-5,7,9H2,1-2H3,(H,19,21). The molecular formula is C16H22ClN3O. The quantitative estimate of drug-likeness (QED) is 0.902. The summed E-state index contributed by atoms with van der Waals surface area (Å²) in [5.74, 6) is 0.674. The van der Waals surface area contributed by atoms with Crippen molar-refractivity contribution in [3.05, 3.63) is 22.7 Å². The number of hydrogen-bond acceptors (Lipinski definition) is 3. The van der Waals surface area contributed by atoms with Gasteiger partial charge in [-0.1, -0.05) is 11.6 Å². The molecule has 2 aliphatic heterocycles. The van der Waals surface area contributed by atoms with E-state index in [1.165, 1.54) is 19.4 Å². The van der Waals surface area contributed by atoms with Crippen LogP contribution in [0.3, 0.4) is 0 Å². The van der Waals surface area contributed by atoms with Gasteiger partial charge >= 0.3 is 0 Å². The second kappa shape index (κ2) is 5.85. The van der Waals surface area contributed by atoms with Crippen LogP contribution in [-0.2, 0) is 11.2 Å². The van der Waals surface area contributed by atoms with Gasteiger partial charge in [-0.05, 0) is 57.0 Å². The average molecular weight is 308 g/mol. The Morgan fingerprint density at radius 1 is 1.48 bits per heavy atom. The van der Waals surface area contributed by atoms with Crippen LogP contribution in [0.25, 0.3) is 0 Å². The Kier molecular flexibility index (Phi) is 4.09. The van der Waals surface area contributed by atoms with E-state index in [9.17, 15) is 4.79 Å². The van der Waals surface area contributed by atoms with Crippen molar-refractivity contribution in [1.82, 2.24) is 4.90 Å². The summed E-state index contributed by atoms with van der Waals surface area (Å²) in [4.78, 5) is 13.8. The van der Waals surface area contributed by atoms with Crippen molar-refractivity contribution in [2.75, 3.05) is 30.8 Å². The molecule has 21 heavy (non-hydrogen) atoms. The lowest BCUT2D eigenvalue weighted by molar-refractivity contribution is -0.115. The third kappa shape index (κ3) is 3.16. The molecule has 0 bridgehead atoms. The van der Waals surface area contributed by atoms with Crippen LogP contribution >= 0.6 is 11.6 Å². The summed E-state index contributed by atoms with van der Waals surface area (Å²) >= 11 is 6.34. The van der Waals surface area contributed by atoms with E-state index in [1.807, 2.05) is 12.1 Å². The van der Waals surface area contributed by atoms with Crippen molar-refractivity contribution in [1.29, 1.82) is 0 Å². The summed E-state index contributed by atoms with van der Waals surface area (Å²) in [6, 6.07) is 4.23. The van der Waals surface area contributed by atoms with E-state index in [0.29, 0.717) is 23.4 Å². The molecule has 114 valence electrons. The molecule has 2 aliphatic rings. The first-order valence-electron chi connectivity index (χ1n) is 7.60. The number of anilines is 2. The van der Waals surface area contributed by atoms with Crippen molar-refractivity contribution in [3.8, 4) is 0 Å². The number of hydrogen-bond donors (Lipinski definition) is 2. The number of amides is 1. The highest BCUT2D eigenvalue weighted by Gasteiger charge is 2.24. The van der Waals surface area contributed by atoms with Crippen LogP contribution in [0.15, 0.2) is 12.1 Å². The molecule has 2 N–H and O–H groups in total. The number of piperidine rings is 1. The van der Waals surface area contributed by atoms with E-state index in [4.69, 9.17) is 11.6 Å². The molecular weight excluding hydrogens is 286 g/mol. The van der Waals surface area contributed by atoms with Crippen molar-refractivity contribution in [3.63, 3.8) is 0 Å². The molecule has 1 fully saturated rings. The number of carbonyl (C=O) groups excluding carboxylic acids is 1. The number of fused-ring (bicyclic) bond motifs is 1. The predicted octanol–water partition coefficient (Wildman–Crippen LogP) is 2.98. The van der Waals surface area contributed by atoms with Crippen molar-refractivity contribution >= 4 is 28.9 Å². The van der Waals surface area contributed by atoms with E-state index in [-0.39, 0.29) is 5.91 Å². The number of nitrogens with zero attached hydrogens (tertiary/aromatic N) is 1. The molecule has 5 heteroatoms. The normalized spacial score (nSPS) is 23.6. The Bertz CT molecular complexity index is 561. The summed E-state index contributed by atoms with van der Waals surface area (Å²) in [6.07, 6.45) is 2.95. The molecule has 2 heterocycles. The maximum absolute atomic E-state index is 11.4. The first-order chi connectivity index (χ1) is 10.0. The van der Waals surface area contributed by atoms with Crippen LogP contribution < -0.4 is 10.6 Å². The molecule has 2 atom stereocenters. The summed E-state index contributed by atoms with van der Waals surface area (Å²) in [6.45, 7) is 4.53. The van der Waals surface area contributed by atoms with Gasteiger partial charge in [-0.15, -0.1) is 0 Å². The van der Waals surface area contributed by atoms with Crippen LogP contribution in [0, 0.1) is 5.92 Å². The van der Waals surface area contributed by atoms with Gasteiger partial charge in [-0.3, -0.25) is 4.79 Å². The first-order valence-corrected chi connectivity index (χ1v) is 7.98. The van der Waals surface area contributed by atoms with Gasteiger partial charge in [0.1, 0.15) is 0 Å². The highest BCUT2D eigenvalue weighted by atomic mass is 35.5. The minimum absolute atomic E-state index is 0.0418. The number of carbonyl (C=O) groups is 1. The van der Waals surface area contributed by atoms with Crippen molar-refractivity contribution in [2.24, 2.45) is 5.92 Å². The molecule has 1 aromatic rings. The lowest BCUT2D eigenvalue weighted by atomic mass is 9.91. The fourth-order valence-corrected chi connectivity index (χ4v) is 3.55. The van der Waals surface area contributed by atoms with Gasteiger partial charge < -0.3 is 15.5 Å². The van der Waals surface area contributed by atoms with E-state index in [1.54, 1.807) is 0 Å². The third-order valence-electron chi connectivity index (χ3n) is 4.57. The van der Waals surface area contributed by atoms with E-state index in [0.717, 1.165) is 23.5 Å². The van der Waals surface area contributed by atoms with Gasteiger partial charge in [0, 0.05) is 18.3 Å². The predicted molar refractivity (Wildman–Crippen MR) is 87.1 cm³/mol. The van der Waals surface area contributed by atoms with Gasteiger partial charge in [0.15, 0.2) is 0 Å². The molecule has 0 aliphatic carbocycles. The van der Waals surface area contributed by atoms with Gasteiger partial charge in [0.2, 0.25) is 5.91 Å². The Balaban J connectivity index is 1.73. The molecule has 0 saturated carbocycles. The summed E-state index contributed by atoms with van der Waals surface area (Å²) < 4.78 is 0. The van der Waals surface area contributed by atoms with Gasteiger partial charge in [-0.2, -0.15) is 0 Å². The Labute approximate surface area is 130 Å². The van der Waals surface area contributed by atoms with Crippen molar-refractivity contribution < 1.29 is 4.79 Å². The molecule has 1 aromatic carbocycles. The Hall–Kier alpha value is -1.26. The highest BCUT2D eigenvalue weighted by Crippen LogP contribution is 2.34. The summed E-state index contributed by atoms with van der Waals surface area (Å²) in [5, 5.41) is 7.05. The maximum Gasteiger partial charge on any atom is 0.228 e. The van der Waals surface area contributed by atoms with Crippen LogP contribution in [0.2, 0.25) is 5.02 Å². The third-order valence-corrected chi connectivity index (χ3v) is 4.88.